The number of aryl methyl sites for hydroxylation is 1. The second-order valence-corrected chi connectivity index (χ2v) is 8.62. The Hall–Kier alpha value is -3.52. The molecule has 8 heteroatoms. The Kier molecular flexibility index (Phi) is 5.01. The van der Waals surface area contributed by atoms with Crippen LogP contribution in [0.15, 0.2) is 58.7 Å². The summed E-state index contributed by atoms with van der Waals surface area (Å²) in [6.45, 7) is 4.41. The number of halogens is 1. The van der Waals surface area contributed by atoms with Crippen LogP contribution in [-0.2, 0) is 11.3 Å². The molecular formula is C24H20BrN3O4. The second kappa shape index (κ2) is 7.87. The van der Waals surface area contributed by atoms with E-state index in [4.69, 9.17) is 9.47 Å². The zero-order valence-electron chi connectivity index (χ0n) is 17.5. The van der Waals surface area contributed by atoms with Crippen LogP contribution in [0.1, 0.15) is 22.5 Å². The summed E-state index contributed by atoms with van der Waals surface area (Å²) in [7, 11) is 0. The van der Waals surface area contributed by atoms with Crippen molar-refractivity contribution in [2.45, 2.75) is 20.4 Å². The number of ether oxygens (including phenoxy) is 2. The number of aromatic nitrogens is 1. The number of rotatable bonds is 4. The van der Waals surface area contributed by atoms with Crippen molar-refractivity contribution >= 4 is 33.9 Å². The number of carbonyl (C=O) groups is 2. The van der Waals surface area contributed by atoms with Gasteiger partial charge in [0.25, 0.3) is 5.91 Å². The van der Waals surface area contributed by atoms with Gasteiger partial charge in [-0.2, -0.15) is 0 Å². The standard InChI is InChI=1S/C24H20BrN3O4/c1-14-9-17(15(2)28(14)19-7-8-21-22(11-19)32-13-31-21)10-20-23(29)27(24(30)26-20)12-16-3-5-18(25)6-4-16/h3-11H,12-13H2,1-2H3,(H,26,30)/b20-10+. The van der Waals surface area contributed by atoms with E-state index in [0.29, 0.717) is 5.75 Å². The van der Waals surface area contributed by atoms with Gasteiger partial charge in [-0.25, -0.2) is 4.79 Å². The summed E-state index contributed by atoms with van der Waals surface area (Å²) in [6.07, 6.45) is 1.73. The maximum atomic E-state index is 12.9. The molecule has 0 saturated carbocycles. The highest BCUT2D eigenvalue weighted by molar-refractivity contribution is 9.10. The minimum Gasteiger partial charge on any atom is -0.454 e. The lowest BCUT2D eigenvalue weighted by molar-refractivity contribution is -0.123. The summed E-state index contributed by atoms with van der Waals surface area (Å²) in [4.78, 5) is 26.6. The molecule has 1 aromatic heterocycles. The molecule has 0 spiro atoms. The number of nitrogens with one attached hydrogen (secondary N) is 1. The van der Waals surface area contributed by atoms with E-state index < -0.39 is 6.03 Å². The third-order valence-corrected chi connectivity index (χ3v) is 6.13. The van der Waals surface area contributed by atoms with E-state index in [1.54, 1.807) is 6.08 Å². The van der Waals surface area contributed by atoms with Gasteiger partial charge in [-0.3, -0.25) is 9.69 Å². The number of imide groups is 1. The third-order valence-electron chi connectivity index (χ3n) is 5.60. The molecule has 0 unspecified atom stereocenters. The first-order valence-electron chi connectivity index (χ1n) is 10.1. The Morgan fingerprint density at radius 2 is 1.78 bits per heavy atom. The van der Waals surface area contributed by atoms with Crippen LogP contribution in [0.3, 0.4) is 0 Å². The quantitative estimate of drug-likeness (QED) is 0.423. The van der Waals surface area contributed by atoms with E-state index in [-0.39, 0.29) is 24.9 Å². The molecule has 7 nitrogen and oxygen atoms in total. The first kappa shape index (κ1) is 20.4. The number of nitrogens with zero attached hydrogens (tertiary/aromatic N) is 2. The topological polar surface area (TPSA) is 72.8 Å². The molecule has 0 bridgehead atoms. The van der Waals surface area contributed by atoms with Gasteiger partial charge in [0.2, 0.25) is 6.79 Å². The van der Waals surface area contributed by atoms with Crippen molar-refractivity contribution in [1.82, 2.24) is 14.8 Å². The van der Waals surface area contributed by atoms with Gasteiger partial charge in [0.05, 0.1) is 6.54 Å². The summed E-state index contributed by atoms with van der Waals surface area (Å²) in [5.41, 5.74) is 4.87. The molecule has 2 aliphatic rings. The number of fused-ring (bicyclic) bond motifs is 1. The Balaban J connectivity index is 1.43. The fourth-order valence-corrected chi connectivity index (χ4v) is 4.26. The summed E-state index contributed by atoms with van der Waals surface area (Å²) in [5, 5.41) is 2.71. The lowest BCUT2D eigenvalue weighted by Gasteiger charge is -2.11. The normalized spacial score (nSPS) is 16.2. The molecule has 3 amide bonds. The van der Waals surface area contributed by atoms with Crippen molar-refractivity contribution in [3.8, 4) is 17.2 Å². The van der Waals surface area contributed by atoms with Crippen LogP contribution in [0.5, 0.6) is 11.5 Å². The Labute approximate surface area is 193 Å². The average molecular weight is 494 g/mol. The second-order valence-electron chi connectivity index (χ2n) is 7.71. The van der Waals surface area contributed by atoms with Crippen LogP contribution in [-0.4, -0.2) is 28.2 Å². The van der Waals surface area contributed by atoms with Crippen LogP contribution in [0.25, 0.3) is 11.8 Å². The van der Waals surface area contributed by atoms with Crippen molar-refractivity contribution in [2.75, 3.05) is 6.79 Å². The van der Waals surface area contributed by atoms with E-state index in [0.717, 1.165) is 38.4 Å². The first-order chi connectivity index (χ1) is 15.4. The minimum absolute atomic E-state index is 0.214. The Morgan fingerprint density at radius 1 is 1.03 bits per heavy atom. The summed E-state index contributed by atoms with van der Waals surface area (Å²) >= 11 is 3.39. The summed E-state index contributed by atoms with van der Waals surface area (Å²) < 4.78 is 13.9. The van der Waals surface area contributed by atoms with Gasteiger partial charge in [-0.05, 0) is 61.4 Å². The molecule has 3 aromatic rings. The molecule has 3 heterocycles. The van der Waals surface area contributed by atoms with Crippen LogP contribution in [0.4, 0.5) is 4.79 Å². The fourth-order valence-electron chi connectivity index (χ4n) is 4.00. The highest BCUT2D eigenvalue weighted by atomic mass is 79.9. The van der Waals surface area contributed by atoms with Crippen LogP contribution in [0, 0.1) is 13.8 Å². The van der Waals surface area contributed by atoms with E-state index in [2.05, 4.69) is 25.8 Å². The lowest BCUT2D eigenvalue weighted by atomic mass is 10.2. The molecular weight excluding hydrogens is 474 g/mol. The fraction of sp³-hybridized carbons (Fsp3) is 0.167. The number of hydrogen-bond acceptors (Lipinski definition) is 4. The highest BCUT2D eigenvalue weighted by Gasteiger charge is 2.33. The SMILES string of the molecule is Cc1cc(/C=C2/NC(=O)N(Cc3ccc(Br)cc3)C2=O)c(C)n1-c1ccc2c(c1)OCO2. The van der Waals surface area contributed by atoms with E-state index in [1.165, 1.54) is 4.90 Å². The van der Waals surface area contributed by atoms with Crippen LogP contribution < -0.4 is 14.8 Å². The molecule has 162 valence electrons. The van der Waals surface area contributed by atoms with Crippen molar-refractivity contribution in [3.63, 3.8) is 0 Å². The summed E-state index contributed by atoms with van der Waals surface area (Å²) in [5.74, 6) is 1.09. The molecule has 1 fully saturated rings. The predicted molar refractivity (Wildman–Crippen MR) is 123 cm³/mol. The van der Waals surface area contributed by atoms with Gasteiger partial charge in [0, 0.05) is 27.6 Å². The van der Waals surface area contributed by atoms with E-state index in [1.807, 2.05) is 62.4 Å². The number of benzene rings is 2. The molecule has 0 radical (unpaired) electrons. The van der Waals surface area contributed by atoms with Crippen molar-refractivity contribution < 1.29 is 19.1 Å². The van der Waals surface area contributed by atoms with Crippen LogP contribution in [0.2, 0.25) is 0 Å². The van der Waals surface area contributed by atoms with Gasteiger partial charge in [0.15, 0.2) is 11.5 Å². The maximum absolute atomic E-state index is 12.9. The molecule has 1 N–H and O–H groups in total. The van der Waals surface area contributed by atoms with Crippen LogP contribution >= 0.6 is 15.9 Å². The maximum Gasteiger partial charge on any atom is 0.329 e. The average Bonchev–Trinajstić information content (AvgIpc) is 3.42. The van der Waals surface area contributed by atoms with E-state index in [9.17, 15) is 9.59 Å². The van der Waals surface area contributed by atoms with Gasteiger partial charge >= 0.3 is 6.03 Å². The van der Waals surface area contributed by atoms with Gasteiger partial charge < -0.3 is 19.4 Å². The molecule has 2 aliphatic heterocycles. The van der Waals surface area contributed by atoms with Gasteiger partial charge in [-0.1, -0.05) is 28.1 Å². The molecule has 0 aliphatic carbocycles. The number of hydrogen-bond donors (Lipinski definition) is 1. The number of amides is 3. The predicted octanol–water partition coefficient (Wildman–Crippen LogP) is 4.68. The number of urea groups is 1. The zero-order valence-corrected chi connectivity index (χ0v) is 19.1. The summed E-state index contributed by atoms with van der Waals surface area (Å²) in [6, 6.07) is 14.9. The Bertz CT molecular complexity index is 1280. The molecule has 32 heavy (non-hydrogen) atoms. The van der Waals surface area contributed by atoms with Crippen molar-refractivity contribution in [2.24, 2.45) is 0 Å². The third kappa shape index (κ3) is 3.56. The van der Waals surface area contributed by atoms with E-state index >= 15 is 0 Å². The number of carbonyl (C=O) groups excluding carboxylic acids is 2. The molecule has 1 saturated heterocycles. The van der Waals surface area contributed by atoms with Crippen molar-refractivity contribution in [3.05, 3.63) is 81.2 Å². The van der Waals surface area contributed by atoms with Crippen molar-refractivity contribution in [1.29, 1.82) is 0 Å². The molecule has 5 rings (SSSR count). The lowest BCUT2D eigenvalue weighted by Crippen LogP contribution is -2.30. The zero-order chi connectivity index (χ0) is 22.4. The molecule has 0 atom stereocenters. The monoisotopic (exact) mass is 493 g/mol. The largest absolute Gasteiger partial charge is 0.454 e. The van der Waals surface area contributed by atoms with Gasteiger partial charge in [-0.15, -0.1) is 0 Å². The highest BCUT2D eigenvalue weighted by Crippen LogP contribution is 2.35. The molecule has 2 aromatic carbocycles. The first-order valence-corrected chi connectivity index (χ1v) is 10.9. The van der Waals surface area contributed by atoms with Gasteiger partial charge in [0.1, 0.15) is 5.70 Å². The smallest absolute Gasteiger partial charge is 0.329 e. The minimum atomic E-state index is -0.422. The Morgan fingerprint density at radius 3 is 2.56 bits per heavy atom.